The van der Waals surface area contributed by atoms with Crippen LogP contribution in [0.15, 0.2) is 170 Å². The van der Waals surface area contributed by atoms with Gasteiger partial charge in [-0.3, -0.25) is 0 Å². The van der Waals surface area contributed by atoms with E-state index in [0.29, 0.717) is 33.5 Å². The molecule has 326 valence electrons. The van der Waals surface area contributed by atoms with Crippen LogP contribution in [0.5, 0.6) is 0 Å². The molecule has 0 aliphatic heterocycles. The first-order chi connectivity index (χ1) is 30.2. The van der Waals surface area contributed by atoms with Crippen molar-refractivity contribution in [1.29, 1.82) is 0 Å². The molecule has 14 heteroatoms. The highest BCUT2D eigenvalue weighted by Gasteiger charge is 2.33. The summed E-state index contributed by atoms with van der Waals surface area (Å²) in [7, 11) is -2.49. The van der Waals surface area contributed by atoms with E-state index in [9.17, 15) is 52.7 Å². The summed E-state index contributed by atoms with van der Waals surface area (Å²) in [5.41, 5.74) is -1.37. The van der Waals surface area contributed by atoms with E-state index in [4.69, 9.17) is 0 Å². The highest BCUT2D eigenvalue weighted by atomic mass is 31.1. The van der Waals surface area contributed by atoms with E-state index < -0.39 is 62.8 Å². The molecule has 0 aliphatic carbocycles. The van der Waals surface area contributed by atoms with Crippen LogP contribution in [0.4, 0.5) is 52.7 Å². The minimum Gasteiger partial charge on any atom is -0.166 e. The number of fused-ring (bicyclic) bond motifs is 2. The van der Waals surface area contributed by atoms with Crippen LogP contribution in [0.3, 0.4) is 0 Å². The Balaban J connectivity index is 0.000000191. The van der Waals surface area contributed by atoms with Crippen LogP contribution in [0.2, 0.25) is 0 Å². The van der Waals surface area contributed by atoms with Crippen LogP contribution in [-0.4, -0.2) is 0 Å². The number of halogens is 12. The fourth-order valence-electron chi connectivity index (χ4n) is 6.83. The predicted molar refractivity (Wildman–Crippen MR) is 231 cm³/mol. The van der Waals surface area contributed by atoms with E-state index in [0.717, 1.165) is 81.2 Å². The Bertz CT molecular complexity index is 2500. The molecule has 8 aromatic carbocycles. The lowest BCUT2D eigenvalue weighted by Gasteiger charge is -2.20. The average Bonchev–Trinajstić information content (AvgIpc) is 3.26. The number of hydrogen-bond acceptors (Lipinski definition) is 0. The van der Waals surface area contributed by atoms with Gasteiger partial charge in [-0.2, -0.15) is 52.7 Å². The lowest BCUT2D eigenvalue weighted by molar-refractivity contribution is -0.138. The molecule has 0 aliphatic rings. The van der Waals surface area contributed by atoms with Gasteiger partial charge in [0.1, 0.15) is 0 Å². The Hall–Kier alpha value is -5.70. The molecule has 0 amide bonds. The summed E-state index contributed by atoms with van der Waals surface area (Å²) in [5.74, 6) is 0. The van der Waals surface area contributed by atoms with Crippen LogP contribution in [0.25, 0.3) is 21.5 Å². The molecule has 0 unspecified atom stereocenters. The second-order valence-electron chi connectivity index (χ2n) is 14.5. The minimum atomic E-state index is -4.46. The maximum absolute atomic E-state index is 13.0. The van der Waals surface area contributed by atoms with E-state index in [1.54, 1.807) is 0 Å². The molecule has 0 saturated heterocycles. The van der Waals surface area contributed by atoms with Gasteiger partial charge in [0.05, 0.1) is 22.3 Å². The third-order valence-electron chi connectivity index (χ3n) is 10.1. The summed E-state index contributed by atoms with van der Waals surface area (Å²) >= 11 is 0. The molecule has 64 heavy (non-hydrogen) atoms. The maximum Gasteiger partial charge on any atom is 0.416 e. The molecule has 0 heterocycles. The fourth-order valence-corrected chi connectivity index (χ4v) is 11.2. The average molecular weight is 923 g/mol. The standard InChI is InChI=1S/2C25H16F6P/c2*26-24(27,28)20-7-11-22(12-8-20)32(23-13-9-21(10-14-23)25(29,30)31)16-17-5-6-18-3-1-2-4-19(18)15-17/h2*1-14H,16H2. The Morgan fingerprint density at radius 1 is 0.297 bits per heavy atom. The highest BCUT2D eigenvalue weighted by Crippen LogP contribution is 2.42. The van der Waals surface area contributed by atoms with Crippen molar-refractivity contribution in [2.75, 3.05) is 0 Å². The first-order valence-electron chi connectivity index (χ1n) is 19.3. The van der Waals surface area contributed by atoms with Gasteiger partial charge in [0.25, 0.3) is 0 Å². The van der Waals surface area contributed by atoms with Crippen molar-refractivity contribution in [3.05, 3.63) is 215 Å². The van der Waals surface area contributed by atoms with Gasteiger partial charge in [0.2, 0.25) is 0 Å². The highest BCUT2D eigenvalue weighted by molar-refractivity contribution is 7.72. The first-order valence-corrected chi connectivity index (χ1v) is 22.3. The third kappa shape index (κ3) is 11.5. The molecule has 0 atom stereocenters. The van der Waals surface area contributed by atoms with Gasteiger partial charge in [-0.25, -0.2) is 0 Å². The molecule has 8 rings (SSSR count). The third-order valence-corrected chi connectivity index (χ3v) is 15.1. The van der Waals surface area contributed by atoms with Crippen molar-refractivity contribution < 1.29 is 52.7 Å². The lowest BCUT2D eigenvalue weighted by Crippen LogP contribution is -2.16. The predicted octanol–water partition coefficient (Wildman–Crippen LogP) is 14.6. The molecule has 0 N–H and O–H groups in total. The molecular formula is C50H32F12P2. The summed E-state index contributed by atoms with van der Waals surface area (Å²) in [6, 6.07) is 49.0. The Morgan fingerprint density at radius 3 is 0.797 bits per heavy atom. The van der Waals surface area contributed by atoms with E-state index in [1.165, 1.54) is 48.5 Å². The van der Waals surface area contributed by atoms with Crippen molar-refractivity contribution >= 4 is 58.6 Å². The molecule has 0 saturated carbocycles. The van der Waals surface area contributed by atoms with Gasteiger partial charge in [-0.1, -0.05) is 121 Å². The maximum atomic E-state index is 13.0. The van der Waals surface area contributed by atoms with E-state index >= 15 is 0 Å². The largest absolute Gasteiger partial charge is 0.416 e. The van der Waals surface area contributed by atoms with E-state index in [-0.39, 0.29) is 0 Å². The molecule has 0 nitrogen and oxygen atoms in total. The number of alkyl halides is 12. The quantitative estimate of drug-likeness (QED) is 0.105. The molecule has 0 bridgehead atoms. The first kappa shape index (κ1) is 46.3. The van der Waals surface area contributed by atoms with E-state index in [2.05, 4.69) is 12.1 Å². The summed E-state index contributed by atoms with van der Waals surface area (Å²) in [6.45, 7) is 0. The molecule has 0 aromatic heterocycles. The summed E-state index contributed by atoms with van der Waals surface area (Å²) in [6.07, 6.45) is -16.9. The van der Waals surface area contributed by atoms with Gasteiger partial charge < -0.3 is 0 Å². The molecule has 0 spiro atoms. The van der Waals surface area contributed by atoms with E-state index in [1.807, 2.05) is 72.8 Å². The van der Waals surface area contributed by atoms with Gasteiger partial charge in [0, 0.05) is 12.3 Å². The van der Waals surface area contributed by atoms with Crippen LogP contribution in [0, 0.1) is 12.1 Å². The number of benzene rings is 8. The Labute approximate surface area is 362 Å². The van der Waals surface area contributed by atoms with Gasteiger partial charge in [-0.05, 0) is 130 Å². The molecular weight excluding hydrogens is 890 g/mol. The smallest absolute Gasteiger partial charge is 0.166 e. The molecule has 0 fully saturated rings. The monoisotopic (exact) mass is 922 g/mol. The van der Waals surface area contributed by atoms with Gasteiger partial charge >= 0.3 is 24.7 Å². The second-order valence-corrected chi connectivity index (χ2v) is 18.9. The summed E-state index contributed by atoms with van der Waals surface area (Å²) in [5, 5.41) is 6.40. The second kappa shape index (κ2) is 18.8. The summed E-state index contributed by atoms with van der Waals surface area (Å²) in [4.78, 5) is 0. The lowest BCUT2D eigenvalue weighted by atomic mass is 10.1. The minimum absolute atomic E-state index is 0.441. The van der Waals surface area contributed by atoms with Crippen LogP contribution in [0.1, 0.15) is 33.4 Å². The van der Waals surface area contributed by atoms with Crippen LogP contribution in [-0.2, 0) is 37.0 Å². The zero-order chi connectivity index (χ0) is 45.9. The van der Waals surface area contributed by atoms with Crippen LogP contribution >= 0.6 is 15.8 Å². The van der Waals surface area contributed by atoms with Crippen molar-refractivity contribution in [3.63, 3.8) is 0 Å². The van der Waals surface area contributed by atoms with Crippen molar-refractivity contribution in [2.24, 2.45) is 0 Å². The zero-order valence-corrected chi connectivity index (χ0v) is 34.8. The summed E-state index contributed by atoms with van der Waals surface area (Å²) < 4.78 is 156. The normalized spacial score (nSPS) is 12.5. The zero-order valence-electron chi connectivity index (χ0n) is 33.0. The van der Waals surface area contributed by atoms with Gasteiger partial charge in [-0.15, -0.1) is 0 Å². The molecule has 8 aromatic rings. The number of hydrogen-bond donors (Lipinski definition) is 0. The molecule has 2 radical (unpaired) electrons. The van der Waals surface area contributed by atoms with Crippen molar-refractivity contribution in [3.8, 4) is 0 Å². The van der Waals surface area contributed by atoms with Crippen molar-refractivity contribution in [1.82, 2.24) is 0 Å². The fraction of sp³-hybridized carbons (Fsp3) is 0.120. The Kier molecular flexibility index (Phi) is 13.6. The topological polar surface area (TPSA) is 0 Å². The van der Waals surface area contributed by atoms with Crippen molar-refractivity contribution in [2.45, 2.75) is 37.0 Å². The Morgan fingerprint density at radius 2 is 0.547 bits per heavy atom. The SMILES string of the molecule is FC(F)(F)c1ccc(P(Cc2[c]c3ccccc3cc2)c2ccc(C(F)(F)F)cc2)cc1.FC(F)(F)c1ccc(P(Cc2[c]c3ccccc3cc2)c2ccc(C(F)(F)F)cc2)cc1. The van der Waals surface area contributed by atoms with Crippen LogP contribution < -0.4 is 21.2 Å². The van der Waals surface area contributed by atoms with Gasteiger partial charge in [0.15, 0.2) is 0 Å². The number of rotatable bonds is 8.